The average molecular weight is 409 g/mol. The van der Waals surface area contributed by atoms with Gasteiger partial charge in [0, 0.05) is 22.4 Å². The summed E-state index contributed by atoms with van der Waals surface area (Å²) in [4.78, 5) is 16.9. The number of amides is 1. The van der Waals surface area contributed by atoms with Crippen LogP contribution in [0.2, 0.25) is 0 Å². The van der Waals surface area contributed by atoms with Crippen molar-refractivity contribution in [1.82, 2.24) is 14.8 Å². The van der Waals surface area contributed by atoms with Crippen LogP contribution in [0, 0.1) is 18.2 Å². The summed E-state index contributed by atoms with van der Waals surface area (Å²) in [7, 11) is 0. The molecule has 0 atom stereocenters. The number of benzene rings is 2. The molecule has 2 aromatic carbocycles. The molecule has 0 spiro atoms. The van der Waals surface area contributed by atoms with Gasteiger partial charge in [-0.3, -0.25) is 4.79 Å². The van der Waals surface area contributed by atoms with Gasteiger partial charge in [0.1, 0.15) is 5.82 Å². The van der Waals surface area contributed by atoms with Crippen LogP contribution in [0.4, 0.5) is 9.52 Å². The molecule has 0 saturated heterocycles. The second-order valence-corrected chi connectivity index (χ2v) is 8.62. The van der Waals surface area contributed by atoms with Crippen molar-refractivity contribution in [3.05, 3.63) is 71.1 Å². The lowest BCUT2D eigenvalue weighted by atomic mass is 9.83. The molecular formula is C22H21FN4OS. The van der Waals surface area contributed by atoms with Crippen LogP contribution in [-0.2, 0) is 11.2 Å². The summed E-state index contributed by atoms with van der Waals surface area (Å²) in [5.41, 5.74) is 3.32. The third kappa shape index (κ3) is 3.91. The smallest absolute Gasteiger partial charge is 0.232 e. The Morgan fingerprint density at radius 3 is 2.69 bits per heavy atom. The van der Waals surface area contributed by atoms with Gasteiger partial charge < -0.3 is 5.32 Å². The number of nitrogens with one attached hydrogen (secondary N) is 1. The second-order valence-electron chi connectivity index (χ2n) is 7.72. The van der Waals surface area contributed by atoms with E-state index in [1.165, 1.54) is 23.5 Å². The molecule has 7 heteroatoms. The molecule has 1 N–H and O–H groups in total. The molecule has 5 nitrogen and oxygen atoms in total. The van der Waals surface area contributed by atoms with Crippen molar-refractivity contribution in [3.63, 3.8) is 0 Å². The van der Waals surface area contributed by atoms with Gasteiger partial charge >= 0.3 is 0 Å². The van der Waals surface area contributed by atoms with Crippen LogP contribution in [0.5, 0.6) is 0 Å². The van der Waals surface area contributed by atoms with Crippen LogP contribution in [0.25, 0.3) is 16.6 Å². The molecule has 0 aliphatic rings. The van der Waals surface area contributed by atoms with E-state index in [0.717, 1.165) is 27.7 Å². The van der Waals surface area contributed by atoms with Gasteiger partial charge in [-0.2, -0.15) is 5.10 Å². The van der Waals surface area contributed by atoms with E-state index in [2.05, 4.69) is 27.5 Å². The molecule has 148 valence electrons. The molecule has 0 bridgehead atoms. The minimum atomic E-state index is -0.600. The van der Waals surface area contributed by atoms with Crippen LogP contribution in [0.1, 0.15) is 25.0 Å². The Labute approximate surface area is 172 Å². The first-order valence-electron chi connectivity index (χ1n) is 9.28. The molecule has 4 aromatic rings. The van der Waals surface area contributed by atoms with Gasteiger partial charge in [-0.05, 0) is 60.9 Å². The molecule has 0 unspecified atom stereocenters. The van der Waals surface area contributed by atoms with E-state index in [0.29, 0.717) is 11.6 Å². The molecule has 0 fully saturated rings. The van der Waals surface area contributed by atoms with E-state index in [9.17, 15) is 9.18 Å². The van der Waals surface area contributed by atoms with Crippen LogP contribution >= 0.6 is 11.3 Å². The Kier molecular flexibility index (Phi) is 4.92. The van der Waals surface area contributed by atoms with Crippen molar-refractivity contribution >= 4 is 33.3 Å². The Morgan fingerprint density at radius 2 is 2.00 bits per heavy atom. The first kappa shape index (κ1) is 19.3. The molecule has 1 amide bonds. The number of hydrogen-bond acceptors (Lipinski definition) is 4. The predicted molar refractivity (Wildman–Crippen MR) is 114 cm³/mol. The highest BCUT2D eigenvalue weighted by molar-refractivity contribution is 7.13. The summed E-state index contributed by atoms with van der Waals surface area (Å²) in [5, 5.41) is 10.8. The summed E-state index contributed by atoms with van der Waals surface area (Å²) in [5.74, 6) is -0.337. The van der Waals surface area contributed by atoms with Crippen LogP contribution in [0.15, 0.2) is 54.2 Å². The maximum atomic E-state index is 13.2. The quantitative estimate of drug-likeness (QED) is 0.498. The number of carbonyl (C=O) groups excluding carboxylic acids is 1. The minimum absolute atomic E-state index is 0.0612. The number of aryl methyl sites for hydroxylation is 1. The molecule has 2 aromatic heterocycles. The first-order valence-corrected chi connectivity index (χ1v) is 10.2. The van der Waals surface area contributed by atoms with Crippen molar-refractivity contribution in [2.24, 2.45) is 5.41 Å². The number of fused-ring (bicyclic) bond motifs is 1. The highest BCUT2D eigenvalue weighted by atomic mass is 32.1. The lowest BCUT2D eigenvalue weighted by Gasteiger charge is -2.24. The average Bonchev–Trinajstić information content (AvgIpc) is 3.32. The van der Waals surface area contributed by atoms with Gasteiger partial charge in [-0.1, -0.05) is 13.8 Å². The van der Waals surface area contributed by atoms with Crippen LogP contribution < -0.4 is 5.32 Å². The topological polar surface area (TPSA) is 59.8 Å². The Bertz CT molecular complexity index is 1160. The van der Waals surface area contributed by atoms with Gasteiger partial charge in [-0.15, -0.1) is 11.3 Å². The first-order chi connectivity index (χ1) is 13.8. The zero-order valence-corrected chi connectivity index (χ0v) is 17.3. The molecule has 0 radical (unpaired) electrons. The van der Waals surface area contributed by atoms with E-state index >= 15 is 0 Å². The maximum absolute atomic E-state index is 13.2. The number of carbonyl (C=O) groups is 1. The van der Waals surface area contributed by atoms with Crippen molar-refractivity contribution in [2.75, 3.05) is 5.32 Å². The van der Waals surface area contributed by atoms with Crippen molar-refractivity contribution < 1.29 is 9.18 Å². The van der Waals surface area contributed by atoms with Crippen molar-refractivity contribution in [2.45, 2.75) is 27.2 Å². The van der Waals surface area contributed by atoms with Gasteiger partial charge in [0.2, 0.25) is 5.91 Å². The second kappa shape index (κ2) is 7.40. The Morgan fingerprint density at radius 1 is 1.24 bits per heavy atom. The van der Waals surface area contributed by atoms with Gasteiger partial charge in [0.15, 0.2) is 5.13 Å². The molecule has 0 aliphatic heterocycles. The van der Waals surface area contributed by atoms with E-state index in [1.807, 2.05) is 26.2 Å². The lowest BCUT2D eigenvalue weighted by molar-refractivity contribution is -0.123. The number of hydrogen-bond donors (Lipinski definition) is 1. The molecule has 2 heterocycles. The van der Waals surface area contributed by atoms with Crippen molar-refractivity contribution in [1.29, 1.82) is 0 Å². The normalized spacial score (nSPS) is 11.7. The van der Waals surface area contributed by atoms with Gasteiger partial charge in [0.05, 0.1) is 17.4 Å². The molecular weight excluding hydrogens is 387 g/mol. The van der Waals surface area contributed by atoms with Crippen LogP contribution in [-0.4, -0.2) is 20.7 Å². The Balaban J connectivity index is 1.62. The molecule has 0 saturated carbocycles. The summed E-state index contributed by atoms with van der Waals surface area (Å²) in [6.45, 7) is 5.90. The zero-order valence-electron chi connectivity index (χ0n) is 16.4. The monoisotopic (exact) mass is 408 g/mol. The highest BCUT2D eigenvalue weighted by Crippen LogP contribution is 2.29. The van der Waals surface area contributed by atoms with E-state index in [-0.39, 0.29) is 11.7 Å². The fourth-order valence-electron chi connectivity index (χ4n) is 3.31. The number of aromatic nitrogens is 3. The standard InChI is InChI=1S/C22H21FN4OS/c1-14-10-19-16(13-25-27(19)18-6-4-17(23)5-7-18)11-15(14)12-22(2,3)20(28)26-21-24-8-9-29-21/h4-11,13H,12H2,1-3H3,(H,24,26,28). The Hall–Kier alpha value is -3.06. The predicted octanol–water partition coefficient (Wildman–Crippen LogP) is 5.14. The SMILES string of the molecule is Cc1cc2c(cnn2-c2ccc(F)cc2)cc1CC(C)(C)C(=O)Nc1nccs1. The van der Waals surface area contributed by atoms with E-state index in [1.54, 1.807) is 29.2 Å². The summed E-state index contributed by atoms with van der Waals surface area (Å²) in [6.07, 6.45) is 4.06. The fourth-order valence-corrected chi connectivity index (χ4v) is 3.84. The van der Waals surface area contributed by atoms with E-state index in [4.69, 9.17) is 0 Å². The van der Waals surface area contributed by atoms with Gasteiger partial charge in [0.25, 0.3) is 0 Å². The highest BCUT2D eigenvalue weighted by Gasteiger charge is 2.29. The van der Waals surface area contributed by atoms with E-state index < -0.39 is 5.41 Å². The van der Waals surface area contributed by atoms with Crippen LogP contribution in [0.3, 0.4) is 0 Å². The molecule has 0 aliphatic carbocycles. The summed E-state index contributed by atoms with van der Waals surface area (Å²) in [6, 6.07) is 10.4. The number of thiazole rings is 1. The summed E-state index contributed by atoms with van der Waals surface area (Å²) >= 11 is 1.40. The molecule has 29 heavy (non-hydrogen) atoms. The molecule has 4 rings (SSSR count). The zero-order chi connectivity index (χ0) is 20.6. The third-order valence-electron chi connectivity index (χ3n) is 5.00. The number of rotatable bonds is 5. The largest absolute Gasteiger partial charge is 0.302 e. The minimum Gasteiger partial charge on any atom is -0.302 e. The number of halogens is 1. The number of nitrogens with zero attached hydrogens (tertiary/aromatic N) is 3. The summed E-state index contributed by atoms with van der Waals surface area (Å²) < 4.78 is 15.0. The lowest BCUT2D eigenvalue weighted by Crippen LogP contribution is -2.32. The van der Waals surface area contributed by atoms with Crippen molar-refractivity contribution in [3.8, 4) is 5.69 Å². The van der Waals surface area contributed by atoms with Gasteiger partial charge in [-0.25, -0.2) is 14.1 Å². The fraction of sp³-hybridized carbons (Fsp3) is 0.227. The number of anilines is 1. The maximum Gasteiger partial charge on any atom is 0.232 e. The third-order valence-corrected chi connectivity index (χ3v) is 5.69.